The van der Waals surface area contributed by atoms with Crippen LogP contribution < -0.4 is 20.1 Å². The third-order valence-electron chi connectivity index (χ3n) is 4.02. The number of ether oxygens (including phenoxy) is 2. The molecule has 3 aromatic rings. The molecule has 2 aromatic carbocycles. The van der Waals surface area contributed by atoms with E-state index in [2.05, 4.69) is 15.6 Å². The summed E-state index contributed by atoms with van der Waals surface area (Å²) in [5, 5.41) is 5.31. The molecule has 0 bridgehead atoms. The first-order valence-corrected chi connectivity index (χ1v) is 9.27. The van der Waals surface area contributed by atoms with Crippen LogP contribution >= 0.6 is 0 Å². The number of hydrogen-bond acceptors (Lipinski definition) is 5. The SMILES string of the molecule is COc1ccc(NC(C)=O)cc1NC(=O)/C=C/c1ccc(Oc2cccnc2)c(F)c1. The van der Waals surface area contributed by atoms with E-state index in [4.69, 9.17) is 9.47 Å². The predicted octanol–water partition coefficient (Wildman–Crippen LogP) is 4.63. The van der Waals surface area contributed by atoms with Crippen LogP contribution in [0.4, 0.5) is 15.8 Å². The minimum Gasteiger partial charge on any atom is -0.495 e. The van der Waals surface area contributed by atoms with Gasteiger partial charge in [0.2, 0.25) is 11.8 Å². The van der Waals surface area contributed by atoms with Crippen LogP contribution in [0.15, 0.2) is 67.0 Å². The highest BCUT2D eigenvalue weighted by Crippen LogP contribution is 2.28. The van der Waals surface area contributed by atoms with Crippen LogP contribution in [0.1, 0.15) is 12.5 Å². The number of nitrogens with zero attached hydrogens (tertiary/aromatic N) is 1. The fourth-order valence-corrected chi connectivity index (χ4v) is 2.67. The van der Waals surface area contributed by atoms with E-state index in [1.54, 1.807) is 42.6 Å². The van der Waals surface area contributed by atoms with Gasteiger partial charge in [-0.05, 0) is 54.1 Å². The Morgan fingerprint density at radius 1 is 1.06 bits per heavy atom. The summed E-state index contributed by atoms with van der Waals surface area (Å²) in [5.41, 5.74) is 1.37. The number of benzene rings is 2. The van der Waals surface area contributed by atoms with Gasteiger partial charge in [-0.3, -0.25) is 14.6 Å². The Morgan fingerprint density at radius 3 is 2.55 bits per heavy atom. The highest BCUT2D eigenvalue weighted by atomic mass is 19.1. The lowest BCUT2D eigenvalue weighted by Gasteiger charge is -2.11. The monoisotopic (exact) mass is 421 g/mol. The van der Waals surface area contributed by atoms with E-state index in [1.807, 2.05) is 0 Å². The lowest BCUT2D eigenvalue weighted by molar-refractivity contribution is -0.114. The van der Waals surface area contributed by atoms with E-state index < -0.39 is 11.7 Å². The summed E-state index contributed by atoms with van der Waals surface area (Å²) in [5.74, 6) is -0.363. The number of rotatable bonds is 7. The summed E-state index contributed by atoms with van der Waals surface area (Å²) in [4.78, 5) is 27.5. The number of methoxy groups -OCH3 is 1. The Labute approximate surface area is 178 Å². The van der Waals surface area contributed by atoms with E-state index >= 15 is 0 Å². The summed E-state index contributed by atoms with van der Waals surface area (Å²) >= 11 is 0. The average molecular weight is 421 g/mol. The minimum atomic E-state index is -0.573. The number of hydrogen-bond donors (Lipinski definition) is 2. The topological polar surface area (TPSA) is 89.6 Å². The molecule has 1 aromatic heterocycles. The Morgan fingerprint density at radius 2 is 1.87 bits per heavy atom. The van der Waals surface area contributed by atoms with Gasteiger partial charge in [-0.1, -0.05) is 6.07 Å². The zero-order valence-electron chi connectivity index (χ0n) is 16.9. The first-order valence-electron chi connectivity index (χ1n) is 9.27. The maximum Gasteiger partial charge on any atom is 0.248 e. The van der Waals surface area contributed by atoms with Crippen molar-refractivity contribution < 1.29 is 23.5 Å². The van der Waals surface area contributed by atoms with Gasteiger partial charge >= 0.3 is 0 Å². The lowest BCUT2D eigenvalue weighted by Crippen LogP contribution is -2.10. The van der Waals surface area contributed by atoms with Crippen molar-refractivity contribution in [2.24, 2.45) is 0 Å². The molecule has 0 radical (unpaired) electrons. The normalized spacial score (nSPS) is 10.5. The number of carbonyl (C=O) groups excluding carboxylic acids is 2. The van der Waals surface area contributed by atoms with Crippen molar-refractivity contribution in [3.8, 4) is 17.2 Å². The highest BCUT2D eigenvalue weighted by molar-refractivity contribution is 6.03. The van der Waals surface area contributed by atoms with Gasteiger partial charge in [-0.25, -0.2) is 4.39 Å². The van der Waals surface area contributed by atoms with Gasteiger partial charge in [0.05, 0.1) is 19.0 Å². The van der Waals surface area contributed by atoms with Crippen LogP contribution in [0, 0.1) is 5.82 Å². The quantitative estimate of drug-likeness (QED) is 0.543. The molecule has 7 nitrogen and oxygen atoms in total. The second kappa shape index (κ2) is 10.0. The summed E-state index contributed by atoms with van der Waals surface area (Å²) < 4.78 is 25.0. The molecule has 1 heterocycles. The minimum absolute atomic E-state index is 0.0501. The molecular weight excluding hydrogens is 401 g/mol. The van der Waals surface area contributed by atoms with Crippen LogP contribution in [0.5, 0.6) is 17.2 Å². The highest BCUT2D eigenvalue weighted by Gasteiger charge is 2.09. The van der Waals surface area contributed by atoms with Crippen LogP contribution in [-0.2, 0) is 9.59 Å². The lowest BCUT2D eigenvalue weighted by atomic mass is 10.2. The van der Waals surface area contributed by atoms with Gasteiger partial charge in [-0.2, -0.15) is 0 Å². The molecule has 0 fully saturated rings. The van der Waals surface area contributed by atoms with E-state index in [0.717, 1.165) is 0 Å². The molecule has 0 atom stereocenters. The first kappa shape index (κ1) is 21.5. The molecule has 8 heteroatoms. The third kappa shape index (κ3) is 6.14. The first-order chi connectivity index (χ1) is 14.9. The summed E-state index contributed by atoms with van der Waals surface area (Å²) in [7, 11) is 1.47. The third-order valence-corrected chi connectivity index (χ3v) is 4.02. The number of aromatic nitrogens is 1. The average Bonchev–Trinajstić information content (AvgIpc) is 2.74. The summed E-state index contributed by atoms with van der Waals surface area (Å²) in [6, 6.07) is 12.6. The van der Waals surface area contributed by atoms with Gasteiger partial charge in [0.25, 0.3) is 0 Å². The zero-order valence-corrected chi connectivity index (χ0v) is 16.9. The second-order valence-electron chi connectivity index (χ2n) is 6.40. The molecule has 31 heavy (non-hydrogen) atoms. The van der Waals surface area contributed by atoms with E-state index in [-0.39, 0.29) is 11.7 Å². The molecule has 0 aliphatic heterocycles. The van der Waals surface area contributed by atoms with Crippen molar-refractivity contribution in [2.45, 2.75) is 6.92 Å². The number of carbonyl (C=O) groups is 2. The van der Waals surface area contributed by atoms with Crippen LogP contribution in [0.25, 0.3) is 6.08 Å². The van der Waals surface area contributed by atoms with Crippen molar-refractivity contribution in [1.29, 1.82) is 0 Å². The maximum absolute atomic E-state index is 14.3. The van der Waals surface area contributed by atoms with Crippen LogP contribution in [0.3, 0.4) is 0 Å². The van der Waals surface area contributed by atoms with Gasteiger partial charge in [0.15, 0.2) is 11.6 Å². The molecular formula is C23H20FN3O4. The number of anilines is 2. The smallest absolute Gasteiger partial charge is 0.248 e. The maximum atomic E-state index is 14.3. The molecule has 0 unspecified atom stereocenters. The Hall–Kier alpha value is -4.20. The Kier molecular flexibility index (Phi) is 6.95. The van der Waals surface area contributed by atoms with Crippen molar-refractivity contribution >= 4 is 29.3 Å². The van der Waals surface area contributed by atoms with Crippen molar-refractivity contribution in [3.05, 3.63) is 78.4 Å². The predicted molar refractivity (Wildman–Crippen MR) is 116 cm³/mol. The van der Waals surface area contributed by atoms with Gasteiger partial charge < -0.3 is 20.1 Å². The van der Waals surface area contributed by atoms with Crippen molar-refractivity contribution in [3.63, 3.8) is 0 Å². The molecule has 0 saturated heterocycles. The van der Waals surface area contributed by atoms with Gasteiger partial charge in [-0.15, -0.1) is 0 Å². The zero-order chi connectivity index (χ0) is 22.2. The standard InChI is InChI=1S/C23H20FN3O4/c1-15(28)26-17-7-9-22(30-2)20(13-17)27-23(29)10-6-16-5-8-21(19(24)12-16)31-18-4-3-11-25-14-18/h3-14H,1-2H3,(H,26,28)(H,27,29)/b10-6+. The summed E-state index contributed by atoms with van der Waals surface area (Å²) in [6.07, 6.45) is 5.80. The number of amides is 2. The number of halogens is 1. The van der Waals surface area contributed by atoms with E-state index in [0.29, 0.717) is 28.4 Å². The van der Waals surface area contributed by atoms with Gasteiger partial charge in [0, 0.05) is 24.9 Å². The fraction of sp³-hybridized carbons (Fsp3) is 0.0870. The summed E-state index contributed by atoms with van der Waals surface area (Å²) in [6.45, 7) is 1.39. The molecule has 158 valence electrons. The molecule has 0 spiro atoms. The molecule has 0 aliphatic carbocycles. The van der Waals surface area contributed by atoms with Crippen LogP contribution in [0.2, 0.25) is 0 Å². The number of nitrogens with one attached hydrogen (secondary N) is 2. The van der Waals surface area contributed by atoms with E-state index in [9.17, 15) is 14.0 Å². The van der Waals surface area contributed by atoms with Gasteiger partial charge in [0.1, 0.15) is 11.5 Å². The largest absolute Gasteiger partial charge is 0.495 e. The van der Waals surface area contributed by atoms with Crippen molar-refractivity contribution in [1.82, 2.24) is 4.98 Å². The molecule has 0 aliphatic rings. The van der Waals surface area contributed by atoms with E-state index in [1.165, 1.54) is 44.5 Å². The molecule has 2 amide bonds. The van der Waals surface area contributed by atoms with Crippen LogP contribution in [-0.4, -0.2) is 23.9 Å². The second-order valence-corrected chi connectivity index (χ2v) is 6.40. The fourth-order valence-electron chi connectivity index (χ4n) is 2.67. The Bertz CT molecular complexity index is 1120. The molecule has 0 saturated carbocycles. The molecule has 3 rings (SSSR count). The Balaban J connectivity index is 1.68. The molecule has 2 N–H and O–H groups in total. The van der Waals surface area contributed by atoms with Crippen molar-refractivity contribution in [2.75, 3.05) is 17.7 Å². The number of pyridine rings is 1.